The van der Waals surface area contributed by atoms with E-state index in [4.69, 9.17) is 4.74 Å². The summed E-state index contributed by atoms with van der Waals surface area (Å²) in [7, 11) is 0. The van der Waals surface area contributed by atoms with Gasteiger partial charge >= 0.3 is 6.09 Å². The minimum atomic E-state index is -0.614. The molecule has 0 atom stereocenters. The Morgan fingerprint density at radius 3 is 2.54 bits per heavy atom. The number of aromatic nitrogens is 2. The van der Waals surface area contributed by atoms with Crippen molar-refractivity contribution in [1.82, 2.24) is 9.78 Å². The number of nitrogens with zero attached hydrogens (tertiary/aromatic N) is 3. The number of hydrogen-bond acceptors (Lipinski definition) is 5. The van der Waals surface area contributed by atoms with Crippen LogP contribution in [0.2, 0.25) is 0 Å². The number of nitrogens with one attached hydrogen (secondary N) is 1. The van der Waals surface area contributed by atoms with Crippen LogP contribution in [0.25, 0.3) is 5.69 Å². The number of carbonyl (C=O) groups is 1. The summed E-state index contributed by atoms with van der Waals surface area (Å²) in [4.78, 5) is 22.3. The van der Waals surface area contributed by atoms with E-state index in [1.54, 1.807) is 25.1 Å². The molecule has 0 bridgehead atoms. The van der Waals surface area contributed by atoms with Crippen LogP contribution in [0.15, 0.2) is 60.7 Å². The lowest BCUT2D eigenvalue weighted by molar-refractivity contribution is -0.384. The van der Waals surface area contributed by atoms with Gasteiger partial charge in [-0.2, -0.15) is 5.10 Å². The molecule has 8 heteroatoms. The summed E-state index contributed by atoms with van der Waals surface area (Å²) in [5.74, 6) is 0.411. The summed E-state index contributed by atoms with van der Waals surface area (Å²) in [6.07, 6.45) is -0.614. The fraction of sp³-hybridized carbons (Fsp3) is 0.111. The first kappa shape index (κ1) is 17.2. The van der Waals surface area contributed by atoms with Crippen LogP contribution in [0.5, 0.6) is 0 Å². The molecule has 3 aromatic rings. The maximum absolute atomic E-state index is 12.1. The number of ether oxygens (including phenoxy) is 1. The predicted octanol–water partition coefficient (Wildman–Crippen LogP) is 3.84. The van der Waals surface area contributed by atoms with Gasteiger partial charge in [-0.05, 0) is 24.6 Å². The van der Waals surface area contributed by atoms with E-state index in [-0.39, 0.29) is 12.3 Å². The third-order valence-corrected chi connectivity index (χ3v) is 3.58. The second-order valence-corrected chi connectivity index (χ2v) is 5.54. The Hall–Kier alpha value is -3.68. The van der Waals surface area contributed by atoms with Crippen LogP contribution in [0.4, 0.5) is 16.3 Å². The number of non-ortho nitro benzene ring substituents is 1. The Balaban J connectivity index is 1.72. The molecule has 0 fully saturated rings. The molecule has 1 amide bonds. The maximum atomic E-state index is 12.1. The number of nitro groups is 1. The van der Waals surface area contributed by atoms with Crippen molar-refractivity contribution in [1.29, 1.82) is 0 Å². The summed E-state index contributed by atoms with van der Waals surface area (Å²) in [5.41, 5.74) is 2.13. The molecular weight excluding hydrogens is 336 g/mol. The third-order valence-electron chi connectivity index (χ3n) is 3.58. The van der Waals surface area contributed by atoms with Crippen molar-refractivity contribution < 1.29 is 14.5 Å². The van der Waals surface area contributed by atoms with Crippen molar-refractivity contribution in [3.63, 3.8) is 0 Å². The fourth-order valence-corrected chi connectivity index (χ4v) is 2.36. The normalized spacial score (nSPS) is 10.3. The van der Waals surface area contributed by atoms with Gasteiger partial charge in [-0.1, -0.05) is 30.3 Å². The summed E-state index contributed by atoms with van der Waals surface area (Å²) in [6.45, 7) is 1.93. The van der Waals surface area contributed by atoms with Crippen LogP contribution >= 0.6 is 0 Å². The van der Waals surface area contributed by atoms with Gasteiger partial charge in [0.25, 0.3) is 5.69 Å². The quantitative estimate of drug-likeness (QED) is 0.555. The summed E-state index contributed by atoms with van der Waals surface area (Å²) in [6, 6.07) is 16.9. The largest absolute Gasteiger partial charge is 0.444 e. The van der Waals surface area contributed by atoms with Gasteiger partial charge in [0.05, 0.1) is 16.3 Å². The molecular formula is C18H16N4O4. The summed E-state index contributed by atoms with van der Waals surface area (Å²) in [5, 5.41) is 17.7. The van der Waals surface area contributed by atoms with Gasteiger partial charge in [0, 0.05) is 18.2 Å². The van der Waals surface area contributed by atoms with Crippen LogP contribution in [0, 0.1) is 17.0 Å². The highest BCUT2D eigenvalue weighted by Crippen LogP contribution is 2.20. The molecule has 2 aromatic carbocycles. The van der Waals surface area contributed by atoms with E-state index in [1.807, 2.05) is 30.3 Å². The number of amides is 1. The second kappa shape index (κ2) is 7.47. The molecule has 0 saturated carbocycles. The Kier molecular flexibility index (Phi) is 4.93. The van der Waals surface area contributed by atoms with Crippen LogP contribution in [-0.2, 0) is 11.3 Å². The molecule has 132 valence electrons. The van der Waals surface area contributed by atoms with Crippen molar-refractivity contribution in [3.05, 3.63) is 82.0 Å². The first-order valence-corrected chi connectivity index (χ1v) is 7.82. The predicted molar refractivity (Wildman–Crippen MR) is 95.2 cm³/mol. The van der Waals surface area contributed by atoms with Gasteiger partial charge in [0.15, 0.2) is 0 Å². The molecule has 26 heavy (non-hydrogen) atoms. The summed E-state index contributed by atoms with van der Waals surface area (Å²) < 4.78 is 6.69. The number of rotatable bonds is 5. The molecule has 1 heterocycles. The number of benzene rings is 2. The Morgan fingerprint density at radius 2 is 1.88 bits per heavy atom. The highest BCUT2D eigenvalue weighted by molar-refractivity contribution is 5.84. The maximum Gasteiger partial charge on any atom is 0.413 e. The number of aryl methyl sites for hydroxylation is 1. The van der Waals surface area contributed by atoms with Crippen molar-refractivity contribution >= 4 is 17.6 Å². The minimum absolute atomic E-state index is 0.0191. The zero-order chi connectivity index (χ0) is 18.5. The molecule has 3 rings (SSSR count). The smallest absolute Gasteiger partial charge is 0.413 e. The van der Waals surface area contributed by atoms with Gasteiger partial charge in [-0.15, -0.1) is 0 Å². The van der Waals surface area contributed by atoms with Crippen LogP contribution in [-0.4, -0.2) is 20.8 Å². The van der Waals surface area contributed by atoms with Gasteiger partial charge in [-0.25, -0.2) is 9.48 Å². The lowest BCUT2D eigenvalue weighted by Gasteiger charge is -2.09. The van der Waals surface area contributed by atoms with Crippen molar-refractivity contribution in [2.45, 2.75) is 13.5 Å². The van der Waals surface area contributed by atoms with Gasteiger partial charge in [0.1, 0.15) is 12.4 Å². The van der Waals surface area contributed by atoms with Crippen molar-refractivity contribution in [2.24, 2.45) is 0 Å². The fourth-order valence-electron chi connectivity index (χ4n) is 2.36. The Morgan fingerprint density at radius 1 is 1.19 bits per heavy atom. The first-order valence-electron chi connectivity index (χ1n) is 7.82. The van der Waals surface area contributed by atoms with E-state index >= 15 is 0 Å². The zero-order valence-corrected chi connectivity index (χ0v) is 14.0. The second-order valence-electron chi connectivity index (χ2n) is 5.54. The minimum Gasteiger partial charge on any atom is -0.444 e. The van der Waals surface area contributed by atoms with E-state index in [0.717, 1.165) is 5.56 Å². The molecule has 1 N–H and O–H groups in total. The van der Waals surface area contributed by atoms with Gasteiger partial charge in [0.2, 0.25) is 0 Å². The summed E-state index contributed by atoms with van der Waals surface area (Å²) >= 11 is 0. The van der Waals surface area contributed by atoms with Crippen molar-refractivity contribution in [3.8, 4) is 5.69 Å². The SMILES string of the molecule is Cc1cc(NC(=O)OCc2ccccc2)n(-c2ccc([N+](=O)[O-])cc2)n1. The van der Waals surface area contributed by atoms with Crippen LogP contribution in [0.3, 0.4) is 0 Å². The van der Waals surface area contributed by atoms with Crippen molar-refractivity contribution in [2.75, 3.05) is 5.32 Å². The number of anilines is 1. The number of hydrogen-bond donors (Lipinski definition) is 1. The van der Waals surface area contributed by atoms with Crippen LogP contribution in [0.1, 0.15) is 11.3 Å². The lowest BCUT2D eigenvalue weighted by Crippen LogP contribution is -2.16. The molecule has 0 unspecified atom stereocenters. The lowest BCUT2D eigenvalue weighted by atomic mass is 10.2. The molecule has 0 aliphatic rings. The van der Waals surface area contributed by atoms with E-state index in [9.17, 15) is 14.9 Å². The van der Waals surface area contributed by atoms with Gasteiger partial charge in [-0.3, -0.25) is 15.4 Å². The number of nitro benzene ring substituents is 1. The molecule has 0 spiro atoms. The first-order chi connectivity index (χ1) is 12.5. The zero-order valence-electron chi connectivity index (χ0n) is 14.0. The van der Waals surface area contributed by atoms with E-state index in [1.165, 1.54) is 16.8 Å². The average Bonchev–Trinajstić information content (AvgIpc) is 3.01. The standard InChI is InChI=1S/C18H16N4O4/c1-13-11-17(19-18(23)26-12-14-5-3-2-4-6-14)21(20-13)15-7-9-16(10-8-15)22(24)25/h2-11H,12H2,1H3,(H,19,23). The number of carbonyl (C=O) groups excluding carboxylic acids is 1. The molecule has 0 radical (unpaired) electrons. The molecule has 0 aliphatic heterocycles. The third kappa shape index (κ3) is 4.04. The average molecular weight is 352 g/mol. The molecule has 8 nitrogen and oxygen atoms in total. The molecule has 0 aliphatic carbocycles. The highest BCUT2D eigenvalue weighted by atomic mass is 16.6. The van der Waals surface area contributed by atoms with E-state index in [2.05, 4.69) is 10.4 Å². The highest BCUT2D eigenvalue weighted by Gasteiger charge is 2.13. The van der Waals surface area contributed by atoms with E-state index in [0.29, 0.717) is 17.2 Å². The van der Waals surface area contributed by atoms with Crippen LogP contribution < -0.4 is 5.32 Å². The monoisotopic (exact) mass is 352 g/mol. The Bertz CT molecular complexity index is 920. The van der Waals surface area contributed by atoms with Gasteiger partial charge < -0.3 is 4.74 Å². The molecule has 0 saturated heterocycles. The molecule has 1 aromatic heterocycles. The topological polar surface area (TPSA) is 99.3 Å². The van der Waals surface area contributed by atoms with E-state index < -0.39 is 11.0 Å². The Labute approximate surface area is 149 Å².